The van der Waals surface area contributed by atoms with Crippen LogP contribution in [0.15, 0.2) is 24.3 Å². The van der Waals surface area contributed by atoms with Gasteiger partial charge in [0.25, 0.3) is 0 Å². The highest BCUT2D eigenvalue weighted by Crippen LogP contribution is 2.35. The quantitative estimate of drug-likeness (QED) is 0.765. The normalized spacial score (nSPS) is 28.5. The molecule has 1 aliphatic heterocycles. The number of halogens is 1. The van der Waals surface area contributed by atoms with Gasteiger partial charge in [-0.05, 0) is 17.5 Å². The summed E-state index contributed by atoms with van der Waals surface area (Å²) in [5.74, 6) is 1.38. The summed E-state index contributed by atoms with van der Waals surface area (Å²) in [7, 11) is 0. The van der Waals surface area contributed by atoms with E-state index in [1.807, 2.05) is 0 Å². The Labute approximate surface area is 108 Å². The van der Waals surface area contributed by atoms with Gasteiger partial charge in [0, 0.05) is 30.9 Å². The summed E-state index contributed by atoms with van der Waals surface area (Å²) in [4.78, 5) is 2.50. The standard InChI is InChI=1S/C14H18ClNO/c15-8-13-10-17-6-5-16(13)9-12-7-11-3-1-2-4-14(11)12/h1-4,12-13H,5-10H2. The highest BCUT2D eigenvalue weighted by molar-refractivity contribution is 6.18. The van der Waals surface area contributed by atoms with E-state index in [2.05, 4.69) is 29.2 Å². The molecule has 1 fully saturated rings. The molecule has 2 unspecified atom stereocenters. The topological polar surface area (TPSA) is 12.5 Å². The summed E-state index contributed by atoms with van der Waals surface area (Å²) in [5, 5.41) is 0. The molecule has 2 atom stereocenters. The first-order chi connectivity index (χ1) is 8.38. The summed E-state index contributed by atoms with van der Waals surface area (Å²) >= 11 is 6.00. The molecule has 0 amide bonds. The van der Waals surface area contributed by atoms with Crippen LogP contribution in [-0.4, -0.2) is 43.1 Å². The second-order valence-electron chi connectivity index (χ2n) is 4.98. The van der Waals surface area contributed by atoms with Gasteiger partial charge in [-0.2, -0.15) is 0 Å². The van der Waals surface area contributed by atoms with Crippen LogP contribution in [-0.2, 0) is 11.2 Å². The number of rotatable bonds is 3. The number of fused-ring (bicyclic) bond motifs is 1. The van der Waals surface area contributed by atoms with Crippen LogP contribution >= 0.6 is 11.6 Å². The second kappa shape index (κ2) is 4.97. The number of hydrogen-bond donors (Lipinski definition) is 0. The lowest BCUT2D eigenvalue weighted by molar-refractivity contribution is -0.00266. The molecule has 1 aromatic carbocycles. The number of morpholine rings is 1. The zero-order valence-electron chi connectivity index (χ0n) is 9.94. The number of alkyl halides is 1. The van der Waals surface area contributed by atoms with Gasteiger partial charge in [-0.25, -0.2) is 0 Å². The van der Waals surface area contributed by atoms with Gasteiger partial charge >= 0.3 is 0 Å². The Bertz CT molecular complexity index is 396. The average molecular weight is 252 g/mol. The number of benzene rings is 1. The molecule has 0 spiro atoms. The molecular formula is C14H18ClNO. The van der Waals surface area contributed by atoms with Crippen LogP contribution in [0.1, 0.15) is 17.0 Å². The Morgan fingerprint density at radius 3 is 3.06 bits per heavy atom. The van der Waals surface area contributed by atoms with Gasteiger partial charge in [-0.3, -0.25) is 4.90 Å². The van der Waals surface area contributed by atoms with Gasteiger partial charge < -0.3 is 4.74 Å². The van der Waals surface area contributed by atoms with Crippen molar-refractivity contribution >= 4 is 11.6 Å². The van der Waals surface area contributed by atoms with Crippen LogP contribution in [0.3, 0.4) is 0 Å². The summed E-state index contributed by atoms with van der Waals surface area (Å²) in [6.07, 6.45) is 1.22. The van der Waals surface area contributed by atoms with E-state index in [0.717, 1.165) is 26.3 Å². The molecule has 1 heterocycles. The summed E-state index contributed by atoms with van der Waals surface area (Å²) in [6.45, 7) is 3.80. The number of nitrogens with zero attached hydrogens (tertiary/aromatic N) is 1. The monoisotopic (exact) mass is 251 g/mol. The maximum Gasteiger partial charge on any atom is 0.0634 e. The Kier molecular flexibility index (Phi) is 3.37. The summed E-state index contributed by atoms with van der Waals surface area (Å²) in [6, 6.07) is 9.18. The molecule has 0 aromatic heterocycles. The molecule has 92 valence electrons. The zero-order chi connectivity index (χ0) is 11.7. The molecule has 0 radical (unpaired) electrons. The molecule has 3 heteroatoms. The lowest BCUT2D eigenvalue weighted by atomic mass is 9.77. The molecule has 1 saturated heterocycles. The van der Waals surface area contributed by atoms with Crippen LogP contribution in [0.4, 0.5) is 0 Å². The van der Waals surface area contributed by atoms with Crippen molar-refractivity contribution in [1.29, 1.82) is 0 Å². The SMILES string of the molecule is ClCC1COCCN1CC1Cc2ccccc21. The van der Waals surface area contributed by atoms with Crippen LogP contribution in [0.2, 0.25) is 0 Å². The number of ether oxygens (including phenoxy) is 1. The Hall–Kier alpha value is -0.570. The molecule has 3 rings (SSSR count). The van der Waals surface area contributed by atoms with E-state index in [1.54, 1.807) is 0 Å². The minimum absolute atomic E-state index is 0.401. The van der Waals surface area contributed by atoms with E-state index in [4.69, 9.17) is 16.3 Å². The molecular weight excluding hydrogens is 234 g/mol. The lowest BCUT2D eigenvalue weighted by Crippen LogP contribution is -2.49. The van der Waals surface area contributed by atoms with Gasteiger partial charge in [0.1, 0.15) is 0 Å². The van der Waals surface area contributed by atoms with Gasteiger partial charge in [0.15, 0.2) is 0 Å². The first-order valence-corrected chi connectivity index (χ1v) is 6.87. The fourth-order valence-corrected chi connectivity index (χ4v) is 3.16. The molecule has 2 aliphatic rings. The van der Waals surface area contributed by atoms with Crippen LogP contribution in [0.5, 0.6) is 0 Å². The third kappa shape index (κ3) is 2.22. The maximum atomic E-state index is 6.00. The van der Waals surface area contributed by atoms with Crippen LogP contribution in [0, 0.1) is 0 Å². The minimum atomic E-state index is 0.401. The van der Waals surface area contributed by atoms with Crippen molar-refractivity contribution in [2.75, 3.05) is 32.2 Å². The fourth-order valence-electron chi connectivity index (χ4n) is 2.88. The fraction of sp³-hybridized carbons (Fsp3) is 0.571. The van der Waals surface area contributed by atoms with E-state index < -0.39 is 0 Å². The molecule has 17 heavy (non-hydrogen) atoms. The predicted molar refractivity (Wildman–Crippen MR) is 69.8 cm³/mol. The Morgan fingerprint density at radius 1 is 1.35 bits per heavy atom. The van der Waals surface area contributed by atoms with Crippen molar-refractivity contribution in [2.24, 2.45) is 0 Å². The Morgan fingerprint density at radius 2 is 2.24 bits per heavy atom. The van der Waals surface area contributed by atoms with Gasteiger partial charge in [-0.1, -0.05) is 24.3 Å². The molecule has 2 nitrogen and oxygen atoms in total. The van der Waals surface area contributed by atoms with Gasteiger partial charge in [0.05, 0.1) is 13.2 Å². The summed E-state index contributed by atoms with van der Waals surface area (Å²) < 4.78 is 5.48. The highest BCUT2D eigenvalue weighted by atomic mass is 35.5. The van der Waals surface area contributed by atoms with Gasteiger partial charge in [0.2, 0.25) is 0 Å². The second-order valence-corrected chi connectivity index (χ2v) is 5.29. The molecule has 0 N–H and O–H groups in total. The highest BCUT2D eigenvalue weighted by Gasteiger charge is 2.30. The van der Waals surface area contributed by atoms with Crippen LogP contribution < -0.4 is 0 Å². The van der Waals surface area contributed by atoms with E-state index in [-0.39, 0.29) is 0 Å². The third-order valence-electron chi connectivity index (χ3n) is 3.94. The smallest absolute Gasteiger partial charge is 0.0634 e. The molecule has 1 aliphatic carbocycles. The molecule has 1 aromatic rings. The largest absolute Gasteiger partial charge is 0.378 e. The van der Waals surface area contributed by atoms with E-state index >= 15 is 0 Å². The van der Waals surface area contributed by atoms with Crippen molar-refractivity contribution in [3.05, 3.63) is 35.4 Å². The van der Waals surface area contributed by atoms with E-state index in [9.17, 15) is 0 Å². The van der Waals surface area contributed by atoms with Crippen molar-refractivity contribution in [3.8, 4) is 0 Å². The third-order valence-corrected chi connectivity index (χ3v) is 4.30. The lowest BCUT2D eigenvalue weighted by Gasteiger charge is -2.40. The summed E-state index contributed by atoms with van der Waals surface area (Å²) in [5.41, 5.74) is 3.06. The zero-order valence-corrected chi connectivity index (χ0v) is 10.7. The van der Waals surface area contributed by atoms with Crippen molar-refractivity contribution < 1.29 is 4.74 Å². The van der Waals surface area contributed by atoms with Crippen molar-refractivity contribution in [3.63, 3.8) is 0 Å². The molecule has 0 saturated carbocycles. The van der Waals surface area contributed by atoms with E-state index in [1.165, 1.54) is 17.5 Å². The minimum Gasteiger partial charge on any atom is -0.378 e. The number of hydrogen-bond acceptors (Lipinski definition) is 2. The average Bonchev–Trinajstić information content (AvgIpc) is 2.36. The first-order valence-electron chi connectivity index (χ1n) is 6.34. The first kappa shape index (κ1) is 11.5. The molecule has 0 bridgehead atoms. The van der Waals surface area contributed by atoms with Crippen molar-refractivity contribution in [2.45, 2.75) is 18.4 Å². The predicted octanol–water partition coefficient (Wildman–Crippen LogP) is 2.27. The van der Waals surface area contributed by atoms with Crippen molar-refractivity contribution in [1.82, 2.24) is 4.90 Å². The Balaban J connectivity index is 1.65. The van der Waals surface area contributed by atoms with Gasteiger partial charge in [-0.15, -0.1) is 11.6 Å². The maximum absolute atomic E-state index is 6.00. The van der Waals surface area contributed by atoms with Crippen LogP contribution in [0.25, 0.3) is 0 Å². The van der Waals surface area contributed by atoms with E-state index in [0.29, 0.717) is 17.8 Å².